The number of amides is 3. The van der Waals surface area contributed by atoms with E-state index in [1.807, 2.05) is 0 Å². The molecule has 0 spiro atoms. The fourth-order valence-electron chi connectivity index (χ4n) is 3.17. The van der Waals surface area contributed by atoms with Crippen molar-refractivity contribution in [2.45, 2.75) is 32.6 Å². The molecule has 0 radical (unpaired) electrons. The number of rotatable bonds is 9. The number of esters is 1. The number of fused-ring (bicyclic) bond motifs is 1. The van der Waals surface area contributed by atoms with Crippen LogP contribution in [0.2, 0.25) is 0 Å². The summed E-state index contributed by atoms with van der Waals surface area (Å²) in [7, 11) is 0. The first-order valence-electron chi connectivity index (χ1n) is 10.0. The van der Waals surface area contributed by atoms with Crippen molar-refractivity contribution < 1.29 is 23.9 Å². The van der Waals surface area contributed by atoms with Crippen LogP contribution in [0, 0.1) is 0 Å². The van der Waals surface area contributed by atoms with Gasteiger partial charge in [0, 0.05) is 18.7 Å². The number of hydrogen-bond donors (Lipinski definition) is 1. The number of ether oxygens (including phenoxy) is 1. The number of hydrogen-bond acceptors (Lipinski definition) is 5. The number of carbonyl (C=O) groups excluding carboxylic acids is 4. The van der Waals surface area contributed by atoms with Gasteiger partial charge in [-0.15, -0.1) is 0 Å². The lowest BCUT2D eigenvalue weighted by Crippen LogP contribution is -2.32. The summed E-state index contributed by atoms with van der Waals surface area (Å²) in [6.07, 6.45) is 2.88. The molecule has 0 aromatic heterocycles. The molecule has 0 aliphatic carbocycles. The molecule has 3 amide bonds. The second kappa shape index (κ2) is 9.82. The Labute approximate surface area is 175 Å². The largest absolute Gasteiger partial charge is 0.462 e. The summed E-state index contributed by atoms with van der Waals surface area (Å²) in [5.41, 5.74) is 1.65. The van der Waals surface area contributed by atoms with Gasteiger partial charge in [-0.1, -0.05) is 31.9 Å². The Balaban J connectivity index is 1.48. The first kappa shape index (κ1) is 21.2. The van der Waals surface area contributed by atoms with Crippen molar-refractivity contribution >= 4 is 29.4 Å². The van der Waals surface area contributed by atoms with Gasteiger partial charge >= 0.3 is 5.97 Å². The van der Waals surface area contributed by atoms with Crippen molar-refractivity contribution in [2.75, 3.05) is 18.5 Å². The highest BCUT2D eigenvalue weighted by Gasteiger charge is 2.34. The van der Waals surface area contributed by atoms with E-state index in [4.69, 9.17) is 4.74 Å². The van der Waals surface area contributed by atoms with Gasteiger partial charge in [0.1, 0.15) is 0 Å². The summed E-state index contributed by atoms with van der Waals surface area (Å²) in [4.78, 5) is 49.9. The number of carbonyl (C=O) groups is 4. The fourth-order valence-corrected chi connectivity index (χ4v) is 3.17. The average Bonchev–Trinajstić information content (AvgIpc) is 3.00. The average molecular weight is 408 g/mol. The van der Waals surface area contributed by atoms with Gasteiger partial charge in [0.2, 0.25) is 5.91 Å². The van der Waals surface area contributed by atoms with Crippen molar-refractivity contribution in [1.29, 1.82) is 0 Å². The number of benzene rings is 2. The van der Waals surface area contributed by atoms with Crippen molar-refractivity contribution in [1.82, 2.24) is 4.90 Å². The summed E-state index contributed by atoms with van der Waals surface area (Å²) >= 11 is 0. The highest BCUT2D eigenvalue weighted by molar-refractivity contribution is 6.21. The van der Waals surface area contributed by atoms with Crippen LogP contribution in [0.3, 0.4) is 0 Å². The van der Waals surface area contributed by atoms with Gasteiger partial charge in [-0.3, -0.25) is 19.3 Å². The van der Waals surface area contributed by atoms with E-state index in [9.17, 15) is 19.2 Å². The Kier molecular flexibility index (Phi) is 6.95. The molecule has 30 heavy (non-hydrogen) atoms. The lowest BCUT2D eigenvalue weighted by Gasteiger charge is -2.13. The summed E-state index contributed by atoms with van der Waals surface area (Å²) in [6, 6.07) is 13.0. The fraction of sp³-hybridized carbons (Fsp3) is 0.304. The maximum Gasteiger partial charge on any atom is 0.338 e. The molecule has 156 valence electrons. The SMILES string of the molecule is CCCCCOC(=O)c1ccc(NC(=O)CCN2C(=O)c3ccccc3C2=O)cc1. The Bertz CT molecular complexity index is 917. The number of nitrogens with one attached hydrogen (secondary N) is 1. The van der Waals surface area contributed by atoms with E-state index in [-0.39, 0.29) is 30.7 Å². The summed E-state index contributed by atoms with van der Waals surface area (Å²) in [6.45, 7) is 2.47. The van der Waals surface area contributed by atoms with E-state index in [2.05, 4.69) is 12.2 Å². The predicted octanol–water partition coefficient (Wildman–Crippen LogP) is 3.66. The quantitative estimate of drug-likeness (QED) is 0.388. The topological polar surface area (TPSA) is 92.8 Å². The molecular formula is C23H24N2O5. The molecule has 2 aromatic rings. The van der Waals surface area contributed by atoms with Crippen molar-refractivity contribution in [3.63, 3.8) is 0 Å². The van der Waals surface area contributed by atoms with E-state index >= 15 is 0 Å². The Morgan fingerprint density at radius 2 is 1.57 bits per heavy atom. The van der Waals surface area contributed by atoms with E-state index in [1.165, 1.54) is 0 Å². The Morgan fingerprint density at radius 1 is 0.933 bits per heavy atom. The zero-order valence-electron chi connectivity index (χ0n) is 16.8. The van der Waals surface area contributed by atoms with Crippen LogP contribution in [0.4, 0.5) is 5.69 Å². The normalized spacial score (nSPS) is 12.6. The maximum absolute atomic E-state index is 12.3. The van der Waals surface area contributed by atoms with Crippen LogP contribution in [0.1, 0.15) is 63.7 Å². The molecule has 0 saturated heterocycles. The first-order chi connectivity index (χ1) is 14.5. The third-order valence-corrected chi connectivity index (χ3v) is 4.83. The van der Waals surface area contributed by atoms with E-state index in [1.54, 1.807) is 48.5 Å². The van der Waals surface area contributed by atoms with Crippen LogP contribution in [0.25, 0.3) is 0 Å². The molecular weight excluding hydrogens is 384 g/mol. The lowest BCUT2D eigenvalue weighted by molar-refractivity contribution is -0.116. The van der Waals surface area contributed by atoms with Crippen LogP contribution in [-0.2, 0) is 9.53 Å². The van der Waals surface area contributed by atoms with Gasteiger partial charge in [-0.05, 0) is 42.8 Å². The van der Waals surface area contributed by atoms with Crippen LogP contribution in [0.5, 0.6) is 0 Å². The molecule has 0 fully saturated rings. The molecule has 7 heteroatoms. The van der Waals surface area contributed by atoms with Crippen molar-refractivity contribution in [3.8, 4) is 0 Å². The highest BCUT2D eigenvalue weighted by Crippen LogP contribution is 2.22. The van der Waals surface area contributed by atoms with Gasteiger partial charge in [-0.25, -0.2) is 4.79 Å². The predicted molar refractivity (Wildman–Crippen MR) is 111 cm³/mol. The second-order valence-electron chi connectivity index (χ2n) is 7.03. The molecule has 0 bridgehead atoms. The molecule has 1 heterocycles. The van der Waals surface area contributed by atoms with Gasteiger partial charge in [0.25, 0.3) is 11.8 Å². The van der Waals surface area contributed by atoms with Crippen molar-refractivity contribution in [2.24, 2.45) is 0 Å². The van der Waals surface area contributed by atoms with E-state index in [0.717, 1.165) is 24.2 Å². The van der Waals surface area contributed by atoms with E-state index < -0.39 is 5.97 Å². The smallest absolute Gasteiger partial charge is 0.338 e. The van der Waals surface area contributed by atoms with Crippen molar-refractivity contribution in [3.05, 3.63) is 65.2 Å². The number of unbranched alkanes of at least 4 members (excludes halogenated alkanes) is 2. The second-order valence-corrected chi connectivity index (χ2v) is 7.03. The minimum Gasteiger partial charge on any atom is -0.462 e. The standard InChI is InChI=1S/C23H24N2O5/c1-2-3-6-15-30-23(29)16-9-11-17(12-10-16)24-20(26)13-14-25-21(27)18-7-4-5-8-19(18)22(25)28/h4-5,7-12H,2-3,6,13-15H2,1H3,(H,24,26). The minimum atomic E-state index is -0.394. The summed E-state index contributed by atoms with van der Waals surface area (Å²) in [5.74, 6) is -1.49. The van der Waals surface area contributed by atoms with Gasteiger partial charge in [-0.2, -0.15) is 0 Å². The number of nitrogens with zero attached hydrogens (tertiary/aromatic N) is 1. The monoisotopic (exact) mass is 408 g/mol. The highest BCUT2D eigenvalue weighted by atomic mass is 16.5. The molecule has 1 aliphatic heterocycles. The summed E-state index contributed by atoms with van der Waals surface area (Å²) in [5, 5.41) is 2.70. The van der Waals surface area contributed by atoms with Crippen LogP contribution < -0.4 is 5.32 Å². The van der Waals surface area contributed by atoms with Crippen LogP contribution in [-0.4, -0.2) is 41.7 Å². The molecule has 7 nitrogen and oxygen atoms in total. The molecule has 2 aromatic carbocycles. The molecule has 1 N–H and O–H groups in total. The third-order valence-electron chi connectivity index (χ3n) is 4.83. The van der Waals surface area contributed by atoms with E-state index in [0.29, 0.717) is 29.0 Å². The minimum absolute atomic E-state index is 0.000347. The van der Waals surface area contributed by atoms with Gasteiger partial charge in [0.05, 0.1) is 23.3 Å². The maximum atomic E-state index is 12.3. The Hall–Kier alpha value is -3.48. The van der Waals surface area contributed by atoms with Crippen LogP contribution >= 0.6 is 0 Å². The molecule has 1 aliphatic rings. The Morgan fingerprint density at radius 3 is 2.17 bits per heavy atom. The number of imide groups is 1. The van der Waals surface area contributed by atoms with Gasteiger partial charge < -0.3 is 10.1 Å². The number of anilines is 1. The first-order valence-corrected chi connectivity index (χ1v) is 10.0. The zero-order valence-corrected chi connectivity index (χ0v) is 16.8. The molecule has 0 saturated carbocycles. The lowest BCUT2D eigenvalue weighted by atomic mass is 10.1. The molecule has 0 unspecified atom stereocenters. The molecule has 3 rings (SSSR count). The molecule has 0 atom stereocenters. The van der Waals surface area contributed by atoms with Gasteiger partial charge in [0.15, 0.2) is 0 Å². The summed E-state index contributed by atoms with van der Waals surface area (Å²) < 4.78 is 5.20. The van der Waals surface area contributed by atoms with Crippen LogP contribution in [0.15, 0.2) is 48.5 Å². The zero-order chi connectivity index (χ0) is 21.5. The third kappa shape index (κ3) is 4.92.